The molecule has 0 radical (unpaired) electrons. The molecule has 1 aliphatic carbocycles. The maximum atomic E-state index is 14.2. The van der Waals surface area contributed by atoms with Gasteiger partial charge in [0.2, 0.25) is 5.91 Å². The number of rotatable bonds is 8. The van der Waals surface area contributed by atoms with E-state index in [1.165, 1.54) is 17.8 Å². The Morgan fingerprint density at radius 3 is 2.52 bits per heavy atom. The van der Waals surface area contributed by atoms with Gasteiger partial charge in [0.1, 0.15) is 5.82 Å². The normalized spacial score (nSPS) is 13.3. The molecule has 29 heavy (non-hydrogen) atoms. The molecule has 148 valence electrons. The first kappa shape index (κ1) is 19.3. The van der Waals surface area contributed by atoms with Crippen molar-refractivity contribution in [3.63, 3.8) is 0 Å². The van der Waals surface area contributed by atoms with E-state index in [1.807, 2.05) is 10.6 Å². The summed E-state index contributed by atoms with van der Waals surface area (Å²) >= 11 is 1.24. The van der Waals surface area contributed by atoms with Crippen molar-refractivity contribution in [3.8, 4) is 11.4 Å². The highest BCUT2D eigenvalue weighted by molar-refractivity contribution is 7.99. The first-order chi connectivity index (χ1) is 14.1. The number of thioether (sulfide) groups is 1. The van der Waals surface area contributed by atoms with Crippen molar-refractivity contribution in [2.45, 2.75) is 24.0 Å². The smallest absolute Gasteiger partial charge is 0.230 e. The number of benzene rings is 2. The topological polar surface area (TPSA) is 76.9 Å². The monoisotopic (exact) mass is 410 g/mol. The Morgan fingerprint density at radius 2 is 1.79 bits per heavy atom. The van der Waals surface area contributed by atoms with Crippen molar-refractivity contribution in [1.29, 1.82) is 0 Å². The minimum absolute atomic E-state index is 0.0564. The van der Waals surface area contributed by atoms with Crippen molar-refractivity contribution >= 4 is 23.5 Å². The zero-order chi connectivity index (χ0) is 20.2. The number of carbonyl (C=O) groups excluding carboxylic acids is 2. The van der Waals surface area contributed by atoms with Crippen LogP contribution in [0.5, 0.6) is 0 Å². The number of halogens is 1. The average Bonchev–Trinajstić information content (AvgIpc) is 3.50. The third-order valence-corrected chi connectivity index (χ3v) is 5.51. The van der Waals surface area contributed by atoms with Gasteiger partial charge in [-0.1, -0.05) is 54.2 Å². The molecule has 2 aromatic carbocycles. The number of aromatic nitrogens is 3. The minimum Gasteiger partial charge on any atom is -0.348 e. The number of Topliss-reactive ketones (excluding diaryl/α,β-unsaturated/α-hetero) is 1. The largest absolute Gasteiger partial charge is 0.348 e. The molecule has 0 unspecified atom stereocenters. The number of hydrogen-bond acceptors (Lipinski definition) is 5. The first-order valence-corrected chi connectivity index (χ1v) is 10.3. The summed E-state index contributed by atoms with van der Waals surface area (Å²) in [7, 11) is 0. The Labute approximate surface area is 171 Å². The van der Waals surface area contributed by atoms with Crippen molar-refractivity contribution in [3.05, 3.63) is 66.0 Å². The van der Waals surface area contributed by atoms with Crippen LogP contribution in [0, 0.1) is 5.82 Å². The standard InChI is InChI=1S/C21H19FN4O2S/c22-17-9-5-4-8-16(17)20-24-25-21(26(20)15-10-11-15)29-13-19(28)23-12-18(27)14-6-2-1-3-7-14/h1-9,15H,10-13H2,(H,23,28). The Balaban J connectivity index is 1.39. The molecule has 1 amide bonds. The van der Waals surface area contributed by atoms with E-state index in [0.29, 0.717) is 22.1 Å². The van der Waals surface area contributed by atoms with Gasteiger partial charge < -0.3 is 5.32 Å². The Kier molecular flexibility index (Phi) is 5.71. The molecule has 6 nitrogen and oxygen atoms in total. The molecular weight excluding hydrogens is 391 g/mol. The van der Waals surface area contributed by atoms with Crippen LogP contribution in [0.4, 0.5) is 4.39 Å². The zero-order valence-corrected chi connectivity index (χ0v) is 16.4. The van der Waals surface area contributed by atoms with Crippen LogP contribution in [0.3, 0.4) is 0 Å². The van der Waals surface area contributed by atoms with E-state index in [2.05, 4.69) is 15.5 Å². The number of nitrogens with one attached hydrogen (secondary N) is 1. The van der Waals surface area contributed by atoms with Crippen molar-refractivity contribution in [1.82, 2.24) is 20.1 Å². The summed E-state index contributed by atoms with van der Waals surface area (Å²) in [5, 5.41) is 11.6. The summed E-state index contributed by atoms with van der Waals surface area (Å²) < 4.78 is 16.1. The number of carbonyl (C=O) groups is 2. The zero-order valence-electron chi connectivity index (χ0n) is 15.5. The summed E-state index contributed by atoms with van der Waals surface area (Å²) in [6.07, 6.45) is 1.95. The molecule has 1 fully saturated rings. The van der Waals surface area contributed by atoms with Gasteiger partial charge in [-0.05, 0) is 25.0 Å². The van der Waals surface area contributed by atoms with E-state index < -0.39 is 0 Å². The van der Waals surface area contributed by atoms with Gasteiger partial charge in [0, 0.05) is 11.6 Å². The van der Waals surface area contributed by atoms with Gasteiger partial charge in [0.05, 0.1) is 17.9 Å². The maximum absolute atomic E-state index is 14.2. The second-order valence-corrected chi connectivity index (χ2v) is 7.68. The van der Waals surface area contributed by atoms with Gasteiger partial charge in [0.25, 0.3) is 0 Å². The molecule has 1 N–H and O–H groups in total. The summed E-state index contributed by atoms with van der Waals surface area (Å²) in [6, 6.07) is 15.5. The Hall–Kier alpha value is -3.00. The lowest BCUT2D eigenvalue weighted by atomic mass is 10.1. The summed E-state index contributed by atoms with van der Waals surface area (Å²) in [6.45, 7) is -0.0564. The van der Waals surface area contributed by atoms with E-state index in [9.17, 15) is 14.0 Å². The van der Waals surface area contributed by atoms with Crippen LogP contribution in [0.25, 0.3) is 11.4 Å². The molecule has 1 saturated carbocycles. The van der Waals surface area contributed by atoms with Crippen molar-refractivity contribution in [2.24, 2.45) is 0 Å². The van der Waals surface area contributed by atoms with E-state index in [1.54, 1.807) is 42.5 Å². The Bertz CT molecular complexity index is 1030. The van der Waals surface area contributed by atoms with Crippen molar-refractivity contribution in [2.75, 3.05) is 12.3 Å². The molecule has 0 saturated heterocycles. The van der Waals surface area contributed by atoms with Gasteiger partial charge in [-0.2, -0.15) is 0 Å². The van der Waals surface area contributed by atoms with E-state index in [0.717, 1.165) is 12.8 Å². The third kappa shape index (κ3) is 4.54. The minimum atomic E-state index is -0.351. The molecule has 0 aliphatic heterocycles. The highest BCUT2D eigenvalue weighted by atomic mass is 32.2. The SMILES string of the molecule is O=C(CSc1nnc(-c2ccccc2F)n1C1CC1)NCC(=O)c1ccccc1. The van der Waals surface area contributed by atoms with Gasteiger partial charge in [-0.15, -0.1) is 10.2 Å². The second kappa shape index (κ2) is 8.57. The van der Waals surface area contributed by atoms with Crippen LogP contribution in [-0.4, -0.2) is 38.8 Å². The average molecular weight is 410 g/mol. The van der Waals surface area contributed by atoms with Gasteiger partial charge >= 0.3 is 0 Å². The molecule has 0 atom stereocenters. The fourth-order valence-corrected chi connectivity index (χ4v) is 3.79. The number of hydrogen-bond donors (Lipinski definition) is 1. The van der Waals surface area contributed by atoms with E-state index in [4.69, 9.17) is 0 Å². The molecule has 0 bridgehead atoms. The second-order valence-electron chi connectivity index (χ2n) is 6.74. The highest BCUT2D eigenvalue weighted by Gasteiger charge is 2.31. The number of ketones is 1. The number of amides is 1. The van der Waals surface area contributed by atoms with Crippen LogP contribution in [0.15, 0.2) is 59.8 Å². The third-order valence-electron chi connectivity index (χ3n) is 4.57. The Morgan fingerprint density at radius 1 is 1.07 bits per heavy atom. The molecule has 1 heterocycles. The van der Waals surface area contributed by atoms with Crippen LogP contribution >= 0.6 is 11.8 Å². The van der Waals surface area contributed by atoms with Crippen molar-refractivity contribution < 1.29 is 14.0 Å². The molecule has 4 rings (SSSR count). The molecule has 0 spiro atoms. The van der Waals surface area contributed by atoms with E-state index in [-0.39, 0.29) is 35.8 Å². The van der Waals surface area contributed by atoms with E-state index >= 15 is 0 Å². The summed E-state index contributed by atoms with van der Waals surface area (Å²) in [4.78, 5) is 24.3. The molecule has 1 aliphatic rings. The van der Waals surface area contributed by atoms with Crippen LogP contribution in [0.2, 0.25) is 0 Å². The quantitative estimate of drug-likeness (QED) is 0.454. The molecule has 8 heteroatoms. The maximum Gasteiger partial charge on any atom is 0.230 e. The predicted molar refractivity (Wildman–Crippen MR) is 108 cm³/mol. The first-order valence-electron chi connectivity index (χ1n) is 9.31. The van der Waals surface area contributed by atoms with Gasteiger partial charge in [-0.25, -0.2) is 4.39 Å². The fraction of sp³-hybridized carbons (Fsp3) is 0.238. The number of nitrogens with zero attached hydrogens (tertiary/aromatic N) is 3. The predicted octanol–water partition coefficient (Wildman–Crippen LogP) is 3.51. The molecule has 3 aromatic rings. The lowest BCUT2D eigenvalue weighted by molar-refractivity contribution is -0.118. The molecular formula is C21H19FN4O2S. The highest BCUT2D eigenvalue weighted by Crippen LogP contribution is 2.41. The van der Waals surface area contributed by atoms with Gasteiger partial charge in [0.15, 0.2) is 16.8 Å². The summed E-state index contributed by atoms with van der Waals surface area (Å²) in [5.41, 5.74) is 0.958. The van der Waals surface area contributed by atoms with Crippen LogP contribution in [-0.2, 0) is 4.79 Å². The lowest BCUT2D eigenvalue weighted by Crippen LogP contribution is -2.30. The van der Waals surface area contributed by atoms with Crippen LogP contribution in [0.1, 0.15) is 29.2 Å². The fourth-order valence-electron chi connectivity index (χ4n) is 2.95. The van der Waals surface area contributed by atoms with Crippen LogP contribution < -0.4 is 5.32 Å². The molecule has 1 aromatic heterocycles. The van der Waals surface area contributed by atoms with Gasteiger partial charge in [-0.3, -0.25) is 14.2 Å². The summed E-state index contributed by atoms with van der Waals surface area (Å²) in [5.74, 6) is -0.184. The lowest BCUT2D eigenvalue weighted by Gasteiger charge is -2.09.